The first-order valence-corrected chi connectivity index (χ1v) is 8.45. The Labute approximate surface area is 127 Å². The highest BCUT2D eigenvalue weighted by molar-refractivity contribution is 7.98. The number of fused-ring (bicyclic) bond motifs is 1. The van der Waals surface area contributed by atoms with Crippen LogP contribution in [0.3, 0.4) is 0 Å². The Balaban J connectivity index is 1.87. The molecular weight excluding hydrogens is 290 g/mol. The zero-order chi connectivity index (χ0) is 14.8. The van der Waals surface area contributed by atoms with E-state index in [0.717, 1.165) is 30.5 Å². The number of carbonyl (C=O) groups is 1. The van der Waals surface area contributed by atoms with Gasteiger partial charge in [-0.2, -0.15) is 0 Å². The van der Waals surface area contributed by atoms with E-state index in [0.29, 0.717) is 31.5 Å². The van der Waals surface area contributed by atoms with E-state index in [1.54, 1.807) is 4.90 Å². The van der Waals surface area contributed by atoms with Crippen molar-refractivity contribution < 1.29 is 9.53 Å². The van der Waals surface area contributed by atoms with Crippen molar-refractivity contribution >= 4 is 17.7 Å². The van der Waals surface area contributed by atoms with Crippen LogP contribution in [0.1, 0.15) is 17.7 Å². The van der Waals surface area contributed by atoms with Crippen LogP contribution < -0.4 is 5.56 Å². The van der Waals surface area contributed by atoms with Crippen LogP contribution in [0, 0.1) is 0 Å². The molecule has 114 valence electrons. The van der Waals surface area contributed by atoms with Gasteiger partial charge in [0.1, 0.15) is 6.54 Å². The molecule has 1 aliphatic heterocycles. The van der Waals surface area contributed by atoms with Gasteiger partial charge in [0.15, 0.2) is 5.16 Å². The number of thioether (sulfide) groups is 1. The third-order valence-electron chi connectivity index (χ3n) is 3.99. The summed E-state index contributed by atoms with van der Waals surface area (Å²) in [7, 11) is 0. The number of morpholine rings is 1. The molecule has 1 amide bonds. The molecule has 0 saturated carbocycles. The van der Waals surface area contributed by atoms with Gasteiger partial charge in [-0.05, 0) is 25.5 Å². The van der Waals surface area contributed by atoms with Gasteiger partial charge in [-0.1, -0.05) is 11.8 Å². The van der Waals surface area contributed by atoms with E-state index in [1.807, 2.05) is 6.26 Å². The molecule has 2 aliphatic rings. The van der Waals surface area contributed by atoms with Crippen LogP contribution in [0.2, 0.25) is 0 Å². The van der Waals surface area contributed by atoms with E-state index in [1.165, 1.54) is 16.3 Å². The topological polar surface area (TPSA) is 64.4 Å². The maximum atomic E-state index is 12.6. The summed E-state index contributed by atoms with van der Waals surface area (Å²) in [6.45, 7) is 2.41. The van der Waals surface area contributed by atoms with E-state index in [2.05, 4.69) is 4.98 Å². The van der Waals surface area contributed by atoms with Crippen molar-refractivity contribution in [2.75, 3.05) is 32.6 Å². The van der Waals surface area contributed by atoms with Crippen LogP contribution >= 0.6 is 11.8 Å². The summed E-state index contributed by atoms with van der Waals surface area (Å²) < 4.78 is 6.78. The second kappa shape index (κ2) is 6.19. The first-order valence-electron chi connectivity index (χ1n) is 7.23. The Kier molecular flexibility index (Phi) is 4.30. The molecule has 1 aromatic heterocycles. The van der Waals surface area contributed by atoms with E-state index in [4.69, 9.17) is 4.74 Å². The van der Waals surface area contributed by atoms with Crippen LogP contribution in [0.15, 0.2) is 9.95 Å². The van der Waals surface area contributed by atoms with Crippen LogP contribution in [0.5, 0.6) is 0 Å². The van der Waals surface area contributed by atoms with E-state index in [-0.39, 0.29) is 18.0 Å². The van der Waals surface area contributed by atoms with E-state index in [9.17, 15) is 9.59 Å². The zero-order valence-electron chi connectivity index (χ0n) is 12.1. The molecule has 1 aliphatic carbocycles. The Morgan fingerprint density at radius 1 is 1.33 bits per heavy atom. The molecule has 1 fully saturated rings. The summed E-state index contributed by atoms with van der Waals surface area (Å²) in [5.74, 6) is -0.0320. The summed E-state index contributed by atoms with van der Waals surface area (Å²) >= 11 is 1.42. The Hall–Kier alpha value is -1.34. The molecule has 0 spiro atoms. The molecule has 2 heterocycles. The minimum atomic E-state index is -0.0385. The summed E-state index contributed by atoms with van der Waals surface area (Å²) in [6, 6.07) is 0. The summed E-state index contributed by atoms with van der Waals surface area (Å²) in [5, 5.41) is 0.641. The standard InChI is InChI=1S/C14H19N3O3S/c1-21-14-15-11-4-2-3-10(11)13(19)17(14)9-12(18)16-5-7-20-8-6-16/h2-9H2,1H3. The predicted molar refractivity (Wildman–Crippen MR) is 79.7 cm³/mol. The molecule has 21 heavy (non-hydrogen) atoms. The molecule has 0 unspecified atom stereocenters. The Bertz CT molecular complexity index is 608. The second-order valence-corrected chi connectivity index (χ2v) is 6.04. The van der Waals surface area contributed by atoms with Gasteiger partial charge in [-0.15, -0.1) is 0 Å². The molecule has 1 aromatic rings. The van der Waals surface area contributed by atoms with Crippen molar-refractivity contribution in [2.45, 2.75) is 31.0 Å². The molecule has 6 nitrogen and oxygen atoms in total. The maximum absolute atomic E-state index is 12.6. The molecule has 0 N–H and O–H groups in total. The lowest BCUT2D eigenvalue weighted by Gasteiger charge is -2.27. The monoisotopic (exact) mass is 309 g/mol. The highest BCUT2D eigenvalue weighted by Gasteiger charge is 2.23. The minimum Gasteiger partial charge on any atom is -0.378 e. The number of ether oxygens (including phenoxy) is 1. The molecule has 7 heteroatoms. The van der Waals surface area contributed by atoms with Crippen molar-refractivity contribution in [3.05, 3.63) is 21.6 Å². The number of hydrogen-bond acceptors (Lipinski definition) is 5. The lowest BCUT2D eigenvalue weighted by atomic mass is 10.2. The van der Waals surface area contributed by atoms with Gasteiger partial charge in [0.25, 0.3) is 5.56 Å². The van der Waals surface area contributed by atoms with Gasteiger partial charge in [-0.3, -0.25) is 14.2 Å². The van der Waals surface area contributed by atoms with Crippen molar-refractivity contribution in [1.29, 1.82) is 0 Å². The largest absolute Gasteiger partial charge is 0.378 e. The average molecular weight is 309 g/mol. The summed E-state index contributed by atoms with van der Waals surface area (Å²) in [4.78, 5) is 31.3. The Morgan fingerprint density at radius 2 is 2.10 bits per heavy atom. The lowest BCUT2D eigenvalue weighted by molar-refractivity contribution is -0.136. The van der Waals surface area contributed by atoms with Gasteiger partial charge in [0, 0.05) is 18.7 Å². The number of carbonyl (C=O) groups excluding carboxylic acids is 1. The van der Waals surface area contributed by atoms with E-state index >= 15 is 0 Å². The number of aromatic nitrogens is 2. The zero-order valence-corrected chi connectivity index (χ0v) is 12.9. The maximum Gasteiger partial charge on any atom is 0.258 e. The van der Waals surface area contributed by atoms with Gasteiger partial charge in [0.05, 0.1) is 18.9 Å². The fourth-order valence-electron chi connectivity index (χ4n) is 2.85. The quantitative estimate of drug-likeness (QED) is 0.594. The van der Waals surface area contributed by atoms with Crippen molar-refractivity contribution in [3.8, 4) is 0 Å². The smallest absolute Gasteiger partial charge is 0.258 e. The third-order valence-corrected chi connectivity index (χ3v) is 4.67. The third kappa shape index (κ3) is 2.85. The number of amides is 1. The van der Waals surface area contributed by atoms with E-state index < -0.39 is 0 Å². The summed E-state index contributed by atoms with van der Waals surface area (Å²) in [5.41, 5.74) is 1.67. The molecule has 0 aromatic carbocycles. The molecule has 0 radical (unpaired) electrons. The molecule has 3 rings (SSSR count). The Morgan fingerprint density at radius 3 is 2.81 bits per heavy atom. The van der Waals surface area contributed by atoms with Crippen molar-refractivity contribution in [3.63, 3.8) is 0 Å². The van der Waals surface area contributed by atoms with Crippen LogP contribution in [0.25, 0.3) is 0 Å². The predicted octanol–water partition coefficient (Wildman–Crippen LogP) is 0.313. The van der Waals surface area contributed by atoms with Crippen LogP contribution in [0.4, 0.5) is 0 Å². The molecule has 1 saturated heterocycles. The fourth-order valence-corrected chi connectivity index (χ4v) is 3.42. The van der Waals surface area contributed by atoms with Gasteiger partial charge < -0.3 is 9.64 Å². The summed E-state index contributed by atoms with van der Waals surface area (Å²) in [6.07, 6.45) is 4.52. The minimum absolute atomic E-state index is 0.0320. The number of rotatable bonds is 3. The molecule has 0 atom stereocenters. The highest BCUT2D eigenvalue weighted by atomic mass is 32.2. The first kappa shape index (κ1) is 14.6. The van der Waals surface area contributed by atoms with Crippen LogP contribution in [-0.2, 0) is 28.9 Å². The highest BCUT2D eigenvalue weighted by Crippen LogP contribution is 2.20. The fraction of sp³-hybridized carbons (Fsp3) is 0.643. The van der Waals surface area contributed by atoms with Crippen molar-refractivity contribution in [1.82, 2.24) is 14.5 Å². The number of hydrogen-bond donors (Lipinski definition) is 0. The lowest BCUT2D eigenvalue weighted by Crippen LogP contribution is -2.44. The second-order valence-electron chi connectivity index (χ2n) is 5.26. The van der Waals surface area contributed by atoms with Crippen molar-refractivity contribution in [2.24, 2.45) is 0 Å². The SMILES string of the molecule is CSc1nc2c(c(=O)n1CC(=O)N1CCOCC1)CCC2. The van der Waals surface area contributed by atoms with Gasteiger partial charge in [-0.25, -0.2) is 4.98 Å². The normalized spacial score (nSPS) is 17.9. The number of nitrogens with zero attached hydrogens (tertiary/aromatic N) is 3. The van der Waals surface area contributed by atoms with Crippen LogP contribution in [-0.4, -0.2) is 52.9 Å². The average Bonchev–Trinajstić information content (AvgIpc) is 2.99. The number of aryl methyl sites for hydroxylation is 1. The van der Waals surface area contributed by atoms with Gasteiger partial charge in [0.2, 0.25) is 5.91 Å². The molecule has 0 bridgehead atoms. The molecular formula is C14H19N3O3S. The van der Waals surface area contributed by atoms with Gasteiger partial charge >= 0.3 is 0 Å². The first-order chi connectivity index (χ1) is 10.2.